The molecular formula is C23H22ClIN2O3. The molecule has 0 unspecified atom stereocenters. The van der Waals surface area contributed by atoms with Crippen LogP contribution in [-0.4, -0.2) is 19.1 Å². The van der Waals surface area contributed by atoms with Gasteiger partial charge in [0.2, 0.25) is 0 Å². The molecule has 0 aliphatic heterocycles. The Morgan fingerprint density at radius 2 is 2.07 bits per heavy atom. The Kier molecular flexibility index (Phi) is 8.00. The van der Waals surface area contributed by atoms with Crippen molar-refractivity contribution >= 4 is 46.2 Å². The van der Waals surface area contributed by atoms with Crippen LogP contribution in [-0.2, 0) is 11.4 Å². The van der Waals surface area contributed by atoms with Crippen LogP contribution in [0.4, 0.5) is 0 Å². The van der Waals surface area contributed by atoms with E-state index in [4.69, 9.17) is 21.1 Å². The van der Waals surface area contributed by atoms with Crippen molar-refractivity contribution in [3.05, 3.63) is 61.7 Å². The van der Waals surface area contributed by atoms with Gasteiger partial charge in [0.05, 0.1) is 10.7 Å². The normalized spacial score (nSPS) is 14.3. The van der Waals surface area contributed by atoms with Crippen molar-refractivity contribution in [1.82, 2.24) is 5.32 Å². The minimum atomic E-state index is -0.336. The van der Waals surface area contributed by atoms with Crippen LogP contribution in [0.1, 0.15) is 36.8 Å². The largest absolute Gasteiger partial charge is 0.493 e. The second-order valence-electron chi connectivity index (χ2n) is 7.04. The van der Waals surface area contributed by atoms with Gasteiger partial charge in [-0.25, -0.2) is 0 Å². The second kappa shape index (κ2) is 10.7. The molecule has 0 radical (unpaired) electrons. The van der Waals surface area contributed by atoms with Gasteiger partial charge in [-0.15, -0.1) is 0 Å². The Labute approximate surface area is 195 Å². The van der Waals surface area contributed by atoms with E-state index in [2.05, 4.69) is 27.9 Å². The molecule has 7 heteroatoms. The van der Waals surface area contributed by atoms with E-state index < -0.39 is 0 Å². The van der Waals surface area contributed by atoms with Gasteiger partial charge in [-0.2, -0.15) is 5.26 Å². The molecule has 1 saturated carbocycles. The summed E-state index contributed by atoms with van der Waals surface area (Å²) in [5.41, 5.74) is 1.64. The van der Waals surface area contributed by atoms with E-state index in [0.717, 1.165) is 34.8 Å². The highest BCUT2D eigenvalue weighted by molar-refractivity contribution is 14.1. The standard InChI is InChI=1S/C23H22ClIN2O3/c1-29-21-12-15(10-17(13-26)23(28)27-18-7-3-4-8-18)11-20(25)22(21)30-14-16-6-2-5-9-19(16)24/h2,5-6,9-12,18H,3-4,7-8,14H2,1H3,(H,27,28)/b17-10-. The summed E-state index contributed by atoms with van der Waals surface area (Å²) in [4.78, 5) is 12.5. The van der Waals surface area contributed by atoms with Crippen molar-refractivity contribution in [3.63, 3.8) is 0 Å². The number of hydrogen-bond donors (Lipinski definition) is 1. The number of nitrogens with one attached hydrogen (secondary N) is 1. The molecule has 0 saturated heterocycles. The Balaban J connectivity index is 1.79. The SMILES string of the molecule is COc1cc(/C=C(/C#N)C(=O)NC2CCCC2)cc(I)c1OCc1ccccc1Cl. The number of halogens is 2. The summed E-state index contributed by atoms with van der Waals surface area (Å²) in [6.45, 7) is 0.300. The van der Waals surface area contributed by atoms with Gasteiger partial charge < -0.3 is 14.8 Å². The lowest BCUT2D eigenvalue weighted by Gasteiger charge is -2.15. The number of hydrogen-bond acceptors (Lipinski definition) is 4. The number of amides is 1. The Bertz CT molecular complexity index is 994. The van der Waals surface area contributed by atoms with Gasteiger partial charge in [-0.05, 0) is 65.3 Å². The first-order valence-corrected chi connectivity index (χ1v) is 11.1. The van der Waals surface area contributed by atoms with E-state index >= 15 is 0 Å². The van der Waals surface area contributed by atoms with Gasteiger partial charge in [-0.1, -0.05) is 42.6 Å². The van der Waals surface area contributed by atoms with Crippen LogP contribution in [0.2, 0.25) is 5.02 Å². The summed E-state index contributed by atoms with van der Waals surface area (Å²) in [5, 5.41) is 13.1. The minimum absolute atomic E-state index is 0.0736. The molecule has 1 aliphatic carbocycles. The number of carbonyl (C=O) groups is 1. The zero-order valence-corrected chi connectivity index (χ0v) is 19.5. The van der Waals surface area contributed by atoms with E-state index in [0.29, 0.717) is 28.7 Å². The molecule has 0 aromatic heterocycles. The maximum atomic E-state index is 12.5. The van der Waals surface area contributed by atoms with Crippen LogP contribution in [0.5, 0.6) is 11.5 Å². The molecular weight excluding hydrogens is 515 g/mol. The lowest BCUT2D eigenvalue weighted by Crippen LogP contribution is -2.33. The Hall–Kier alpha value is -2.24. The molecule has 1 fully saturated rings. The third kappa shape index (κ3) is 5.67. The van der Waals surface area contributed by atoms with Gasteiger partial charge in [-0.3, -0.25) is 4.79 Å². The molecule has 0 spiro atoms. The first-order chi connectivity index (χ1) is 14.5. The summed E-state index contributed by atoms with van der Waals surface area (Å²) in [6.07, 6.45) is 5.73. The quantitative estimate of drug-likeness (QED) is 0.288. The average molecular weight is 537 g/mol. The Morgan fingerprint density at radius 3 is 2.73 bits per heavy atom. The van der Waals surface area contributed by atoms with Crippen LogP contribution >= 0.6 is 34.2 Å². The van der Waals surface area contributed by atoms with Crippen LogP contribution in [0.3, 0.4) is 0 Å². The molecule has 1 amide bonds. The molecule has 30 heavy (non-hydrogen) atoms. The predicted molar refractivity (Wildman–Crippen MR) is 125 cm³/mol. The van der Waals surface area contributed by atoms with Crippen molar-refractivity contribution in [2.45, 2.75) is 38.3 Å². The van der Waals surface area contributed by atoms with E-state index in [1.54, 1.807) is 19.3 Å². The summed E-state index contributed by atoms with van der Waals surface area (Å²) < 4.78 is 12.3. The van der Waals surface area contributed by atoms with Crippen LogP contribution in [0.25, 0.3) is 6.08 Å². The van der Waals surface area contributed by atoms with E-state index in [1.165, 1.54) is 0 Å². The smallest absolute Gasteiger partial charge is 0.262 e. The molecule has 0 heterocycles. The third-order valence-electron chi connectivity index (χ3n) is 4.95. The van der Waals surface area contributed by atoms with Crippen molar-refractivity contribution in [2.24, 2.45) is 0 Å². The highest BCUT2D eigenvalue weighted by Crippen LogP contribution is 2.35. The fourth-order valence-electron chi connectivity index (χ4n) is 3.38. The number of nitrogens with zero attached hydrogens (tertiary/aromatic N) is 1. The second-order valence-corrected chi connectivity index (χ2v) is 8.61. The van der Waals surface area contributed by atoms with E-state index in [1.807, 2.05) is 36.4 Å². The molecule has 0 bridgehead atoms. The molecule has 2 aromatic rings. The minimum Gasteiger partial charge on any atom is -0.493 e. The summed E-state index contributed by atoms with van der Waals surface area (Å²) in [5.74, 6) is 0.773. The summed E-state index contributed by atoms with van der Waals surface area (Å²) in [6, 6.07) is 13.3. The average Bonchev–Trinajstić information content (AvgIpc) is 3.24. The van der Waals surface area contributed by atoms with Gasteiger partial charge in [0, 0.05) is 16.6 Å². The number of benzene rings is 2. The van der Waals surface area contributed by atoms with Crippen molar-refractivity contribution in [1.29, 1.82) is 5.26 Å². The van der Waals surface area contributed by atoms with Gasteiger partial charge in [0.25, 0.3) is 5.91 Å². The molecule has 1 N–H and O–H groups in total. The molecule has 156 valence electrons. The van der Waals surface area contributed by atoms with Crippen molar-refractivity contribution < 1.29 is 14.3 Å². The highest BCUT2D eigenvalue weighted by Gasteiger charge is 2.20. The molecule has 0 atom stereocenters. The van der Waals surface area contributed by atoms with Crippen molar-refractivity contribution in [2.75, 3.05) is 7.11 Å². The zero-order valence-electron chi connectivity index (χ0n) is 16.6. The van der Waals surface area contributed by atoms with E-state index in [9.17, 15) is 10.1 Å². The third-order valence-corrected chi connectivity index (χ3v) is 6.12. The van der Waals surface area contributed by atoms with Gasteiger partial charge >= 0.3 is 0 Å². The maximum Gasteiger partial charge on any atom is 0.262 e. The number of ether oxygens (including phenoxy) is 2. The van der Waals surface area contributed by atoms with Crippen molar-refractivity contribution in [3.8, 4) is 17.6 Å². The Morgan fingerprint density at radius 1 is 1.33 bits per heavy atom. The fourth-order valence-corrected chi connectivity index (χ4v) is 4.35. The van der Waals surface area contributed by atoms with Crippen LogP contribution < -0.4 is 14.8 Å². The molecule has 3 rings (SSSR count). The number of nitriles is 1. The number of carbonyl (C=O) groups excluding carboxylic acids is 1. The molecule has 1 aliphatic rings. The fraction of sp³-hybridized carbons (Fsp3) is 0.304. The first-order valence-electron chi connectivity index (χ1n) is 9.68. The number of methoxy groups -OCH3 is 1. The summed E-state index contributed by atoms with van der Waals surface area (Å²) >= 11 is 8.36. The summed E-state index contributed by atoms with van der Waals surface area (Å²) in [7, 11) is 1.55. The lowest BCUT2D eigenvalue weighted by molar-refractivity contribution is -0.117. The monoisotopic (exact) mass is 536 g/mol. The lowest BCUT2D eigenvalue weighted by atomic mass is 10.1. The van der Waals surface area contributed by atoms with Crippen LogP contribution in [0, 0.1) is 14.9 Å². The highest BCUT2D eigenvalue weighted by atomic mass is 127. The van der Waals surface area contributed by atoms with Crippen LogP contribution in [0.15, 0.2) is 42.0 Å². The number of rotatable bonds is 7. The molecule has 5 nitrogen and oxygen atoms in total. The van der Waals surface area contributed by atoms with Gasteiger partial charge in [0.1, 0.15) is 18.2 Å². The zero-order chi connectivity index (χ0) is 21.5. The van der Waals surface area contributed by atoms with Gasteiger partial charge in [0.15, 0.2) is 11.5 Å². The first kappa shape index (κ1) is 22.4. The topological polar surface area (TPSA) is 71.3 Å². The molecule has 2 aromatic carbocycles. The predicted octanol–water partition coefficient (Wildman–Crippen LogP) is 5.50. The van der Waals surface area contributed by atoms with E-state index in [-0.39, 0.29) is 17.5 Å². The maximum absolute atomic E-state index is 12.5.